The summed E-state index contributed by atoms with van der Waals surface area (Å²) < 4.78 is 66.2. The minimum atomic E-state index is -4.51. The van der Waals surface area contributed by atoms with Crippen molar-refractivity contribution >= 4 is 33.2 Å². The summed E-state index contributed by atoms with van der Waals surface area (Å²) in [7, 11) is -4.08. The van der Waals surface area contributed by atoms with E-state index < -0.39 is 33.7 Å². The average molecular weight is 483 g/mol. The molecule has 3 rings (SSSR count). The van der Waals surface area contributed by atoms with E-state index >= 15 is 0 Å². The predicted octanol–water partition coefficient (Wildman–Crippen LogP) is 4.89. The zero-order valence-electron chi connectivity index (χ0n) is 16.4. The fourth-order valence-electron chi connectivity index (χ4n) is 2.88. The lowest BCUT2D eigenvalue weighted by molar-refractivity contribution is -0.137. The molecule has 0 unspecified atom stereocenters. The maximum absolute atomic E-state index is 12.9. The molecule has 5 nitrogen and oxygen atoms in total. The number of anilines is 1. The number of sulfonamides is 1. The third kappa shape index (κ3) is 6.32. The van der Waals surface area contributed by atoms with E-state index in [1.54, 1.807) is 30.3 Å². The Morgan fingerprint density at radius 2 is 1.50 bits per heavy atom. The van der Waals surface area contributed by atoms with Crippen LogP contribution in [0.1, 0.15) is 11.1 Å². The molecular weight excluding hydrogens is 465 g/mol. The highest BCUT2D eigenvalue weighted by Crippen LogP contribution is 2.29. The van der Waals surface area contributed by atoms with Crippen LogP contribution in [0.3, 0.4) is 0 Å². The lowest BCUT2D eigenvalue weighted by Gasteiger charge is -2.19. The summed E-state index contributed by atoms with van der Waals surface area (Å²) in [5.41, 5.74) is -0.0644. The van der Waals surface area contributed by atoms with Gasteiger partial charge in [-0.05, 0) is 60.5 Å². The topological polar surface area (TPSA) is 75.3 Å². The third-order valence-electron chi connectivity index (χ3n) is 4.50. The SMILES string of the molecule is O=C(Nc1ccc(C(F)(F)F)cc1)[C@@H](Cc1ccccc1)NS(=O)(=O)c1ccc(Cl)cc1. The largest absolute Gasteiger partial charge is 0.416 e. The molecule has 0 aliphatic carbocycles. The van der Waals surface area contributed by atoms with Crippen molar-refractivity contribution in [1.82, 2.24) is 4.72 Å². The second-order valence-corrected chi connectivity index (χ2v) is 9.03. The van der Waals surface area contributed by atoms with Crippen molar-refractivity contribution in [2.75, 3.05) is 5.32 Å². The van der Waals surface area contributed by atoms with E-state index in [-0.39, 0.29) is 17.0 Å². The molecule has 0 fully saturated rings. The molecule has 0 aromatic heterocycles. The Kier molecular flexibility index (Phi) is 7.22. The van der Waals surface area contributed by atoms with Gasteiger partial charge in [0.25, 0.3) is 0 Å². The Hall–Kier alpha value is -2.88. The Morgan fingerprint density at radius 3 is 2.06 bits per heavy atom. The van der Waals surface area contributed by atoms with Gasteiger partial charge in [-0.25, -0.2) is 8.42 Å². The maximum atomic E-state index is 12.9. The molecule has 0 aliphatic rings. The van der Waals surface area contributed by atoms with E-state index in [0.717, 1.165) is 24.3 Å². The summed E-state index contributed by atoms with van der Waals surface area (Å²) in [6.07, 6.45) is -4.48. The van der Waals surface area contributed by atoms with Crippen LogP contribution in [0.25, 0.3) is 0 Å². The number of hydrogen-bond acceptors (Lipinski definition) is 3. The molecule has 0 saturated heterocycles. The summed E-state index contributed by atoms with van der Waals surface area (Å²) in [6, 6.07) is 16.8. The number of carbonyl (C=O) groups excluding carboxylic acids is 1. The van der Waals surface area contributed by atoms with Crippen molar-refractivity contribution in [2.45, 2.75) is 23.5 Å². The van der Waals surface area contributed by atoms with Gasteiger partial charge < -0.3 is 5.32 Å². The van der Waals surface area contributed by atoms with E-state index in [1.807, 2.05) is 0 Å². The fourth-order valence-corrected chi connectivity index (χ4v) is 4.20. The summed E-state index contributed by atoms with van der Waals surface area (Å²) in [4.78, 5) is 12.8. The molecule has 3 aromatic rings. The maximum Gasteiger partial charge on any atom is 0.416 e. The van der Waals surface area contributed by atoms with Gasteiger partial charge in [-0.1, -0.05) is 41.9 Å². The van der Waals surface area contributed by atoms with E-state index in [4.69, 9.17) is 11.6 Å². The first kappa shape index (κ1) is 23.8. The molecule has 168 valence electrons. The van der Waals surface area contributed by atoms with Gasteiger partial charge in [0.15, 0.2) is 0 Å². The second-order valence-electron chi connectivity index (χ2n) is 6.88. The molecule has 0 saturated carbocycles. The van der Waals surface area contributed by atoms with Crippen LogP contribution < -0.4 is 10.0 Å². The first-order valence-corrected chi connectivity index (χ1v) is 11.2. The lowest BCUT2D eigenvalue weighted by atomic mass is 10.1. The fraction of sp³-hybridized carbons (Fsp3) is 0.136. The van der Waals surface area contributed by atoms with Gasteiger partial charge in [0, 0.05) is 10.7 Å². The summed E-state index contributed by atoms with van der Waals surface area (Å²) in [6.45, 7) is 0. The quantitative estimate of drug-likeness (QED) is 0.503. The number of halogens is 4. The molecule has 10 heteroatoms. The molecule has 0 bridgehead atoms. The number of benzene rings is 3. The standard InChI is InChI=1S/C22H18ClF3N2O3S/c23-17-8-12-19(13-9-17)32(30,31)28-20(14-15-4-2-1-3-5-15)21(29)27-18-10-6-16(7-11-18)22(24,25)26/h1-13,20,28H,14H2,(H,27,29)/t20-/m1/s1. The second kappa shape index (κ2) is 9.72. The molecule has 1 amide bonds. The number of carbonyl (C=O) groups is 1. The van der Waals surface area contributed by atoms with Gasteiger partial charge in [-0.15, -0.1) is 0 Å². The molecule has 0 aliphatic heterocycles. The van der Waals surface area contributed by atoms with Crippen LogP contribution in [0.15, 0.2) is 83.8 Å². The molecular formula is C22H18ClF3N2O3S. The normalized spacial score (nSPS) is 12.9. The van der Waals surface area contributed by atoms with Crippen molar-refractivity contribution in [3.05, 3.63) is 95.0 Å². The summed E-state index contributed by atoms with van der Waals surface area (Å²) >= 11 is 5.81. The number of nitrogens with one attached hydrogen (secondary N) is 2. The number of hydrogen-bond donors (Lipinski definition) is 2. The van der Waals surface area contributed by atoms with Crippen LogP contribution in [0, 0.1) is 0 Å². The van der Waals surface area contributed by atoms with Crippen LogP contribution >= 0.6 is 11.6 Å². The monoisotopic (exact) mass is 482 g/mol. The number of amides is 1. The number of rotatable bonds is 7. The van der Waals surface area contributed by atoms with E-state index in [9.17, 15) is 26.4 Å². The molecule has 1 atom stereocenters. The smallest absolute Gasteiger partial charge is 0.325 e. The van der Waals surface area contributed by atoms with Crippen LogP contribution in [0.2, 0.25) is 5.02 Å². The van der Waals surface area contributed by atoms with Gasteiger partial charge in [0.1, 0.15) is 6.04 Å². The van der Waals surface area contributed by atoms with Gasteiger partial charge in [-0.2, -0.15) is 17.9 Å². The molecule has 0 spiro atoms. The van der Waals surface area contributed by atoms with Crippen molar-refractivity contribution in [2.24, 2.45) is 0 Å². The van der Waals surface area contributed by atoms with Crippen LogP contribution in [-0.4, -0.2) is 20.4 Å². The van der Waals surface area contributed by atoms with Crippen LogP contribution in [-0.2, 0) is 27.4 Å². The molecule has 3 aromatic carbocycles. The Bertz CT molecular complexity index is 1170. The van der Waals surface area contributed by atoms with Gasteiger partial charge in [-0.3, -0.25) is 4.79 Å². The van der Waals surface area contributed by atoms with Gasteiger partial charge in [0.2, 0.25) is 15.9 Å². The van der Waals surface area contributed by atoms with Crippen molar-refractivity contribution in [1.29, 1.82) is 0 Å². The molecule has 0 radical (unpaired) electrons. The van der Waals surface area contributed by atoms with Crippen molar-refractivity contribution in [3.8, 4) is 0 Å². The molecule has 2 N–H and O–H groups in total. The lowest BCUT2D eigenvalue weighted by Crippen LogP contribution is -2.45. The third-order valence-corrected chi connectivity index (χ3v) is 6.24. The van der Waals surface area contributed by atoms with Gasteiger partial charge >= 0.3 is 6.18 Å². The zero-order valence-corrected chi connectivity index (χ0v) is 18.0. The molecule has 0 heterocycles. The Morgan fingerprint density at radius 1 is 0.906 bits per heavy atom. The zero-order chi connectivity index (χ0) is 23.4. The highest BCUT2D eigenvalue weighted by molar-refractivity contribution is 7.89. The molecule has 32 heavy (non-hydrogen) atoms. The van der Waals surface area contributed by atoms with E-state index in [1.165, 1.54) is 24.3 Å². The van der Waals surface area contributed by atoms with Gasteiger partial charge in [0.05, 0.1) is 10.5 Å². The van der Waals surface area contributed by atoms with Crippen LogP contribution in [0.4, 0.5) is 18.9 Å². The summed E-state index contributed by atoms with van der Waals surface area (Å²) in [5.74, 6) is -0.717. The number of alkyl halides is 3. The Labute approximate surface area is 188 Å². The highest BCUT2D eigenvalue weighted by atomic mass is 35.5. The predicted molar refractivity (Wildman–Crippen MR) is 116 cm³/mol. The Balaban J connectivity index is 1.83. The minimum Gasteiger partial charge on any atom is -0.325 e. The summed E-state index contributed by atoms with van der Waals surface area (Å²) in [5, 5.41) is 2.82. The van der Waals surface area contributed by atoms with Crippen molar-refractivity contribution < 1.29 is 26.4 Å². The first-order chi connectivity index (χ1) is 15.0. The van der Waals surface area contributed by atoms with E-state index in [2.05, 4.69) is 10.0 Å². The van der Waals surface area contributed by atoms with Crippen LogP contribution in [0.5, 0.6) is 0 Å². The average Bonchev–Trinajstić information content (AvgIpc) is 2.74. The highest BCUT2D eigenvalue weighted by Gasteiger charge is 2.30. The van der Waals surface area contributed by atoms with E-state index in [0.29, 0.717) is 10.6 Å². The minimum absolute atomic E-state index is 0.0279. The van der Waals surface area contributed by atoms with Crippen molar-refractivity contribution in [3.63, 3.8) is 0 Å². The first-order valence-electron chi connectivity index (χ1n) is 9.34.